The van der Waals surface area contributed by atoms with Gasteiger partial charge in [0.2, 0.25) is 0 Å². The summed E-state index contributed by atoms with van der Waals surface area (Å²) >= 11 is 5.60. The van der Waals surface area contributed by atoms with Gasteiger partial charge in [0.15, 0.2) is 5.82 Å². The Labute approximate surface area is 514 Å². The number of aromatic nitrogens is 5. The fourth-order valence-electron chi connectivity index (χ4n) is 14.4. The topological polar surface area (TPSA) is 40.6 Å². The average Bonchev–Trinajstić information content (AvgIpc) is 1.95. The summed E-state index contributed by atoms with van der Waals surface area (Å²) in [5.74, 6) is 0.672. The predicted molar refractivity (Wildman–Crippen MR) is 378 cm³/mol. The molecule has 7 heterocycles. The van der Waals surface area contributed by atoms with Gasteiger partial charge in [-0.3, -0.25) is 0 Å². The fraction of sp³-hybridized carbons (Fsp3) is 0. The molecular weight excluding hydrogens is 1130 g/mol. The van der Waals surface area contributed by atoms with Crippen LogP contribution in [0.2, 0.25) is 0 Å². The van der Waals surface area contributed by atoms with Crippen molar-refractivity contribution in [1.29, 1.82) is 0 Å². The molecule has 88 heavy (non-hydrogen) atoms. The fourth-order valence-corrected chi connectivity index (χ4v) is 17.8. The highest BCUT2D eigenvalue weighted by atomic mass is 32.1. The van der Waals surface area contributed by atoms with Gasteiger partial charge in [0.05, 0.1) is 44.3 Å². The van der Waals surface area contributed by atoms with Gasteiger partial charge in [-0.15, -0.1) is 34.0 Å². The molecule has 0 saturated heterocycles. The van der Waals surface area contributed by atoms with Crippen molar-refractivity contribution in [3.8, 4) is 50.8 Å². The second-order valence-corrected chi connectivity index (χ2v) is 26.5. The lowest BCUT2D eigenvalue weighted by molar-refractivity contribution is 1.17. The van der Waals surface area contributed by atoms with Crippen LogP contribution in [0.5, 0.6) is 0 Å². The molecule has 0 amide bonds. The lowest BCUT2D eigenvalue weighted by Gasteiger charge is -2.14. The Bertz CT molecular complexity index is 6370. The standard InChI is InChI=1S/C80H45N5S3/c1-7-22-67-53(16-1)59-43-76-62(56-19-4-10-25-73(56)86-76)40-70(59)83(67)50-33-28-46(29-34-50)48-32-37-66-65(39-48)79(47-30-35-51(36-31-47)84-68-23-8-2-17-54(68)60-44-77-63(41-71(60)84)57-20-5-11-26-74(57)87-77)82-80(81-66)49-14-13-15-52(38-49)85-69-24-9-3-18-55(69)61-45-78-64(42-72(61)85)58-21-6-12-27-75(58)88-78/h1-45H. The van der Waals surface area contributed by atoms with E-state index < -0.39 is 0 Å². The van der Waals surface area contributed by atoms with E-state index >= 15 is 0 Å². The van der Waals surface area contributed by atoms with Crippen LogP contribution >= 0.6 is 34.0 Å². The Morgan fingerprint density at radius 3 is 1.10 bits per heavy atom. The smallest absolute Gasteiger partial charge is 0.160 e. The van der Waals surface area contributed by atoms with E-state index in [4.69, 9.17) is 9.97 Å². The maximum Gasteiger partial charge on any atom is 0.160 e. The van der Waals surface area contributed by atoms with Crippen molar-refractivity contribution in [2.24, 2.45) is 0 Å². The van der Waals surface area contributed by atoms with Crippen LogP contribution < -0.4 is 0 Å². The Balaban J connectivity index is 0.747. The molecule has 8 heteroatoms. The second kappa shape index (κ2) is 18.4. The van der Waals surface area contributed by atoms with Crippen LogP contribution in [0.15, 0.2) is 273 Å². The highest BCUT2D eigenvalue weighted by Crippen LogP contribution is 2.45. The summed E-state index contributed by atoms with van der Waals surface area (Å²) in [6, 6.07) is 101. The minimum atomic E-state index is 0.672. The van der Waals surface area contributed by atoms with E-state index in [0.717, 1.165) is 61.4 Å². The number of para-hydroxylation sites is 3. The van der Waals surface area contributed by atoms with Gasteiger partial charge in [-0.05, 0) is 132 Å². The van der Waals surface area contributed by atoms with E-state index in [1.807, 2.05) is 34.0 Å². The lowest BCUT2D eigenvalue weighted by atomic mass is 9.99. The Morgan fingerprint density at radius 1 is 0.216 bits per heavy atom. The first kappa shape index (κ1) is 48.5. The van der Waals surface area contributed by atoms with Crippen LogP contribution in [0.25, 0.3) is 188 Å². The maximum atomic E-state index is 5.66. The van der Waals surface area contributed by atoms with E-state index in [1.54, 1.807) is 0 Å². The minimum absolute atomic E-state index is 0.672. The van der Waals surface area contributed by atoms with Gasteiger partial charge in [0.1, 0.15) is 0 Å². The third-order valence-electron chi connectivity index (χ3n) is 18.4. The molecule has 5 nitrogen and oxygen atoms in total. The molecule has 20 aromatic rings. The summed E-state index contributed by atoms with van der Waals surface area (Å²) in [6.45, 7) is 0. The Kier molecular flexibility index (Phi) is 10.1. The van der Waals surface area contributed by atoms with Gasteiger partial charge in [-0.2, -0.15) is 0 Å². The first-order valence-corrected chi connectivity index (χ1v) is 32.2. The van der Waals surface area contributed by atoms with Crippen LogP contribution in [0.1, 0.15) is 0 Å². The van der Waals surface area contributed by atoms with Gasteiger partial charge in [0, 0.05) is 126 Å². The summed E-state index contributed by atoms with van der Waals surface area (Å²) in [5, 5.41) is 16.2. The van der Waals surface area contributed by atoms with Crippen molar-refractivity contribution in [3.63, 3.8) is 0 Å². The van der Waals surface area contributed by atoms with Gasteiger partial charge in [-0.1, -0.05) is 152 Å². The molecule has 0 fully saturated rings. The third kappa shape index (κ3) is 7.07. The van der Waals surface area contributed by atoms with Crippen LogP contribution in [-0.2, 0) is 0 Å². The summed E-state index contributed by atoms with van der Waals surface area (Å²) in [5.41, 5.74) is 16.3. The lowest BCUT2D eigenvalue weighted by Crippen LogP contribution is -1.99. The zero-order valence-corrected chi connectivity index (χ0v) is 49.4. The molecule has 0 saturated carbocycles. The molecule has 0 aliphatic heterocycles. The number of fused-ring (bicyclic) bond motifs is 19. The van der Waals surface area contributed by atoms with Crippen LogP contribution in [0.4, 0.5) is 0 Å². The van der Waals surface area contributed by atoms with Gasteiger partial charge < -0.3 is 13.7 Å². The normalized spacial score (nSPS) is 12.3. The Hall–Kier alpha value is -10.7. The molecule has 0 bridgehead atoms. The molecule has 7 aromatic heterocycles. The van der Waals surface area contributed by atoms with Crippen molar-refractivity contribution < 1.29 is 0 Å². The third-order valence-corrected chi connectivity index (χ3v) is 21.8. The maximum absolute atomic E-state index is 5.66. The van der Waals surface area contributed by atoms with E-state index in [0.29, 0.717) is 5.82 Å². The van der Waals surface area contributed by atoms with Gasteiger partial charge in [0.25, 0.3) is 0 Å². The monoisotopic (exact) mass is 1170 g/mol. The number of thiophene rings is 3. The molecule has 408 valence electrons. The van der Waals surface area contributed by atoms with Crippen molar-refractivity contribution in [1.82, 2.24) is 23.7 Å². The highest BCUT2D eigenvalue weighted by Gasteiger charge is 2.22. The van der Waals surface area contributed by atoms with Gasteiger partial charge in [-0.25, -0.2) is 9.97 Å². The summed E-state index contributed by atoms with van der Waals surface area (Å²) < 4.78 is 15.1. The first-order chi connectivity index (χ1) is 43.6. The van der Waals surface area contributed by atoms with Crippen molar-refractivity contribution in [2.45, 2.75) is 0 Å². The molecule has 20 rings (SSSR count). The summed E-state index contributed by atoms with van der Waals surface area (Å²) in [4.78, 5) is 11.1. The SMILES string of the molecule is c1cc(-c2nc(-c3ccc(-n4c5ccccc5c5cc6sc7ccccc7c6cc54)cc3)c3cc(-c4ccc(-n5c6ccccc6c6cc7sc8ccccc8c7cc65)cc4)ccc3n2)cc(-n2c3ccccc3c3cc4sc5ccccc5c4cc32)c1. The number of nitrogens with zero attached hydrogens (tertiary/aromatic N) is 5. The molecule has 0 radical (unpaired) electrons. The van der Waals surface area contributed by atoms with E-state index in [2.05, 4.69) is 287 Å². The molecule has 0 aliphatic carbocycles. The van der Waals surface area contributed by atoms with Crippen molar-refractivity contribution in [2.75, 3.05) is 0 Å². The highest BCUT2D eigenvalue weighted by molar-refractivity contribution is 7.26. The van der Waals surface area contributed by atoms with Gasteiger partial charge >= 0.3 is 0 Å². The molecule has 0 aliphatic rings. The van der Waals surface area contributed by atoms with Crippen molar-refractivity contribution >= 4 is 171 Å². The number of hydrogen-bond acceptors (Lipinski definition) is 5. The molecule has 0 unspecified atom stereocenters. The van der Waals surface area contributed by atoms with Crippen molar-refractivity contribution in [3.05, 3.63) is 273 Å². The first-order valence-electron chi connectivity index (χ1n) is 29.8. The van der Waals surface area contributed by atoms with E-state index in [-0.39, 0.29) is 0 Å². The summed E-state index contributed by atoms with van der Waals surface area (Å²) in [6.07, 6.45) is 0. The Morgan fingerprint density at radius 2 is 0.625 bits per heavy atom. The predicted octanol–water partition coefficient (Wildman–Crippen LogP) is 23.0. The van der Waals surface area contributed by atoms with E-state index in [1.165, 1.54) is 120 Å². The van der Waals surface area contributed by atoms with Crippen LogP contribution in [0.3, 0.4) is 0 Å². The number of benzene rings is 13. The molecule has 0 atom stereocenters. The molecule has 0 N–H and O–H groups in total. The molecule has 13 aromatic carbocycles. The zero-order valence-electron chi connectivity index (χ0n) is 46.9. The summed E-state index contributed by atoms with van der Waals surface area (Å²) in [7, 11) is 0. The molecule has 0 spiro atoms. The largest absolute Gasteiger partial charge is 0.309 e. The number of hydrogen-bond donors (Lipinski definition) is 0. The minimum Gasteiger partial charge on any atom is -0.309 e. The second-order valence-electron chi connectivity index (χ2n) is 23.2. The van der Waals surface area contributed by atoms with Crippen LogP contribution in [0, 0.1) is 0 Å². The zero-order chi connectivity index (χ0) is 57.3. The molecular formula is C80H45N5S3. The van der Waals surface area contributed by atoms with Crippen LogP contribution in [-0.4, -0.2) is 23.7 Å². The number of rotatable bonds is 6. The average molecular weight is 1170 g/mol. The van der Waals surface area contributed by atoms with E-state index in [9.17, 15) is 0 Å². The quantitative estimate of drug-likeness (QED) is 0.166.